The molecule has 3 aromatic carbocycles. The Hall–Kier alpha value is -1.85. The average molecular weight is 478 g/mol. The van der Waals surface area contributed by atoms with Crippen LogP contribution in [0.15, 0.2) is 87.8 Å². The fourth-order valence-electron chi connectivity index (χ4n) is 2.65. The summed E-state index contributed by atoms with van der Waals surface area (Å²) in [6.45, 7) is 0.524. The van der Waals surface area contributed by atoms with Gasteiger partial charge in [0, 0.05) is 32.6 Å². The van der Waals surface area contributed by atoms with Crippen LogP contribution in [0.25, 0.3) is 0 Å². The van der Waals surface area contributed by atoms with E-state index in [2.05, 4.69) is 37.2 Å². The molecule has 0 bridgehead atoms. The quantitative estimate of drug-likeness (QED) is 0.402. The molecule has 134 valence electrons. The predicted octanol–water partition coefficient (Wildman–Crippen LogP) is 6.80. The molecule has 0 spiro atoms. The number of para-hydroxylation sites is 1. The summed E-state index contributed by atoms with van der Waals surface area (Å²) >= 11 is 6.91. The second-order valence-electron chi connectivity index (χ2n) is 5.91. The second-order valence-corrected chi connectivity index (χ2v) is 7.74. The maximum Gasteiger partial charge on any atom is 0.135 e. The van der Waals surface area contributed by atoms with E-state index < -0.39 is 6.17 Å². The number of halogens is 3. The molecule has 2 nitrogen and oxygen atoms in total. The molecule has 0 fully saturated rings. The number of alkyl halides is 1. The van der Waals surface area contributed by atoms with Crippen molar-refractivity contribution in [3.05, 3.63) is 87.8 Å². The predicted molar refractivity (Wildman–Crippen MR) is 115 cm³/mol. The van der Waals surface area contributed by atoms with Crippen molar-refractivity contribution in [1.82, 2.24) is 0 Å². The van der Waals surface area contributed by atoms with Crippen molar-refractivity contribution in [2.45, 2.75) is 6.17 Å². The molecule has 0 amide bonds. The van der Waals surface area contributed by atoms with Crippen molar-refractivity contribution in [2.75, 3.05) is 23.3 Å². The molecule has 0 aliphatic rings. The highest BCUT2D eigenvalue weighted by molar-refractivity contribution is 9.10. The first kappa shape index (κ1) is 18.9. The fourth-order valence-corrected chi connectivity index (χ4v) is 3.18. The van der Waals surface area contributed by atoms with E-state index in [-0.39, 0.29) is 13.1 Å². The van der Waals surface area contributed by atoms with Crippen LogP contribution >= 0.6 is 31.9 Å². The van der Waals surface area contributed by atoms with Gasteiger partial charge in [0.1, 0.15) is 6.17 Å². The number of hydrogen-bond donors (Lipinski definition) is 1. The van der Waals surface area contributed by atoms with Crippen molar-refractivity contribution in [1.29, 1.82) is 0 Å². The first-order valence-electron chi connectivity index (χ1n) is 8.33. The van der Waals surface area contributed by atoms with Gasteiger partial charge in [-0.15, -0.1) is 0 Å². The van der Waals surface area contributed by atoms with Crippen molar-refractivity contribution in [3.63, 3.8) is 0 Å². The Morgan fingerprint density at radius 2 is 1.27 bits per heavy atom. The van der Waals surface area contributed by atoms with Gasteiger partial charge in [0.2, 0.25) is 0 Å². The molecule has 0 radical (unpaired) electrons. The Bertz CT molecular complexity index is 762. The highest BCUT2D eigenvalue weighted by Gasteiger charge is 2.16. The van der Waals surface area contributed by atoms with E-state index in [1.807, 2.05) is 83.8 Å². The highest BCUT2D eigenvalue weighted by atomic mass is 79.9. The summed E-state index contributed by atoms with van der Waals surface area (Å²) in [7, 11) is 0. The lowest BCUT2D eigenvalue weighted by Gasteiger charge is -2.27. The minimum atomic E-state index is -1.03. The highest BCUT2D eigenvalue weighted by Crippen LogP contribution is 2.28. The van der Waals surface area contributed by atoms with E-state index in [4.69, 9.17) is 0 Å². The van der Waals surface area contributed by atoms with Crippen molar-refractivity contribution in [2.24, 2.45) is 0 Å². The van der Waals surface area contributed by atoms with Crippen LogP contribution in [0.3, 0.4) is 0 Å². The third kappa shape index (κ3) is 5.32. The lowest BCUT2D eigenvalue weighted by Crippen LogP contribution is -2.30. The zero-order valence-electron chi connectivity index (χ0n) is 14.1. The third-order valence-electron chi connectivity index (χ3n) is 3.96. The van der Waals surface area contributed by atoms with Crippen LogP contribution in [0, 0.1) is 0 Å². The summed E-state index contributed by atoms with van der Waals surface area (Å²) in [5, 5.41) is 3.15. The average Bonchev–Trinajstić information content (AvgIpc) is 2.67. The zero-order valence-corrected chi connectivity index (χ0v) is 17.3. The molecule has 3 aromatic rings. The van der Waals surface area contributed by atoms with Crippen molar-refractivity contribution < 1.29 is 4.39 Å². The lowest BCUT2D eigenvalue weighted by atomic mass is 10.2. The van der Waals surface area contributed by atoms with Crippen molar-refractivity contribution >= 4 is 48.9 Å². The molecule has 5 heteroatoms. The van der Waals surface area contributed by atoms with Gasteiger partial charge in [0.15, 0.2) is 0 Å². The first-order chi connectivity index (χ1) is 12.6. The number of hydrogen-bond acceptors (Lipinski definition) is 2. The van der Waals surface area contributed by atoms with Gasteiger partial charge in [-0.25, -0.2) is 4.39 Å². The van der Waals surface area contributed by atoms with Gasteiger partial charge in [0.25, 0.3) is 0 Å². The maximum absolute atomic E-state index is 14.7. The van der Waals surface area contributed by atoms with E-state index in [0.717, 1.165) is 26.0 Å². The third-order valence-corrected chi connectivity index (χ3v) is 5.02. The molecule has 0 aliphatic heterocycles. The van der Waals surface area contributed by atoms with Crippen LogP contribution in [-0.4, -0.2) is 19.3 Å². The van der Waals surface area contributed by atoms with Crippen LogP contribution in [0.2, 0.25) is 0 Å². The van der Waals surface area contributed by atoms with E-state index >= 15 is 0 Å². The summed E-state index contributed by atoms with van der Waals surface area (Å²) in [5.74, 6) is 0. The van der Waals surface area contributed by atoms with E-state index in [0.29, 0.717) is 0 Å². The molecule has 3 rings (SSSR count). The second kappa shape index (κ2) is 9.19. The Balaban J connectivity index is 1.74. The summed E-state index contributed by atoms with van der Waals surface area (Å²) < 4.78 is 16.7. The molecular weight excluding hydrogens is 459 g/mol. The SMILES string of the molecule is FC(CNc1ccccc1)CN(c1ccc(Br)cc1)c1ccc(Br)cc1. The first-order valence-corrected chi connectivity index (χ1v) is 9.92. The Morgan fingerprint density at radius 1 is 0.769 bits per heavy atom. The largest absolute Gasteiger partial charge is 0.382 e. The van der Waals surface area contributed by atoms with Gasteiger partial charge in [-0.2, -0.15) is 0 Å². The number of benzene rings is 3. The molecule has 26 heavy (non-hydrogen) atoms. The van der Waals surface area contributed by atoms with Gasteiger partial charge < -0.3 is 10.2 Å². The zero-order chi connectivity index (χ0) is 18.4. The Labute approximate surface area is 170 Å². The van der Waals surface area contributed by atoms with Crippen LogP contribution < -0.4 is 10.2 Å². The number of anilines is 3. The Morgan fingerprint density at radius 3 is 1.77 bits per heavy atom. The topological polar surface area (TPSA) is 15.3 Å². The molecule has 0 saturated carbocycles. The van der Waals surface area contributed by atoms with Gasteiger partial charge in [-0.05, 0) is 60.7 Å². The molecule has 0 aromatic heterocycles. The van der Waals surface area contributed by atoms with Gasteiger partial charge in [0.05, 0.1) is 6.54 Å². The van der Waals surface area contributed by atoms with Crippen LogP contribution in [0.1, 0.15) is 0 Å². The van der Waals surface area contributed by atoms with Crippen LogP contribution in [0.5, 0.6) is 0 Å². The summed E-state index contributed by atoms with van der Waals surface area (Å²) in [6.07, 6.45) is -1.03. The lowest BCUT2D eigenvalue weighted by molar-refractivity contribution is 0.356. The van der Waals surface area contributed by atoms with E-state index in [9.17, 15) is 4.39 Å². The summed E-state index contributed by atoms with van der Waals surface area (Å²) in [5.41, 5.74) is 2.84. The molecule has 0 heterocycles. The van der Waals surface area contributed by atoms with E-state index in [1.165, 1.54) is 0 Å². The molecular formula is C21H19Br2FN2. The van der Waals surface area contributed by atoms with E-state index in [1.54, 1.807) is 0 Å². The minimum absolute atomic E-state index is 0.258. The van der Waals surface area contributed by atoms with Gasteiger partial charge in [-0.3, -0.25) is 0 Å². The smallest absolute Gasteiger partial charge is 0.135 e. The molecule has 1 unspecified atom stereocenters. The maximum atomic E-state index is 14.7. The summed E-state index contributed by atoms with van der Waals surface area (Å²) in [4.78, 5) is 2.00. The molecule has 0 aliphatic carbocycles. The normalized spacial score (nSPS) is 11.8. The molecule has 0 saturated heterocycles. The fraction of sp³-hybridized carbons (Fsp3) is 0.143. The van der Waals surface area contributed by atoms with Gasteiger partial charge >= 0.3 is 0 Å². The number of nitrogens with zero attached hydrogens (tertiary/aromatic N) is 1. The molecule has 1 atom stereocenters. The Kier molecular flexibility index (Phi) is 6.69. The monoisotopic (exact) mass is 476 g/mol. The van der Waals surface area contributed by atoms with Crippen molar-refractivity contribution in [3.8, 4) is 0 Å². The standard InChI is InChI=1S/C21H19Br2FN2/c22-16-6-10-20(11-7-16)26(21-12-8-17(23)9-13-21)15-18(24)14-25-19-4-2-1-3-5-19/h1-13,18,25H,14-15H2. The molecule has 1 N–H and O–H groups in total. The van der Waals surface area contributed by atoms with Crippen LogP contribution in [-0.2, 0) is 0 Å². The summed E-state index contributed by atoms with van der Waals surface area (Å²) in [6, 6.07) is 25.5. The van der Waals surface area contributed by atoms with Gasteiger partial charge in [-0.1, -0.05) is 50.1 Å². The number of nitrogens with one attached hydrogen (secondary N) is 1. The minimum Gasteiger partial charge on any atom is -0.382 e. The number of rotatable bonds is 7. The van der Waals surface area contributed by atoms with Crippen LogP contribution in [0.4, 0.5) is 21.5 Å².